The van der Waals surface area contributed by atoms with Crippen LogP contribution in [0.4, 0.5) is 4.39 Å². The second-order valence-corrected chi connectivity index (χ2v) is 4.87. The Kier molecular flexibility index (Phi) is 4.37. The zero-order valence-electron chi connectivity index (χ0n) is 12.2. The molecule has 0 saturated carbocycles. The maximum atomic E-state index is 13.0. The maximum absolute atomic E-state index is 13.0. The van der Waals surface area contributed by atoms with Crippen LogP contribution in [0, 0.1) is 5.82 Å². The molecule has 0 bridgehead atoms. The van der Waals surface area contributed by atoms with Gasteiger partial charge in [0.2, 0.25) is 0 Å². The van der Waals surface area contributed by atoms with E-state index < -0.39 is 5.82 Å². The molecular formula is C16H14FN5O. The van der Waals surface area contributed by atoms with E-state index in [0.29, 0.717) is 24.6 Å². The average molecular weight is 311 g/mol. The lowest BCUT2D eigenvalue weighted by atomic mass is 10.2. The maximum Gasteiger partial charge on any atom is 0.252 e. The van der Waals surface area contributed by atoms with Crippen molar-refractivity contribution in [2.75, 3.05) is 6.54 Å². The number of halogens is 1. The van der Waals surface area contributed by atoms with Crippen molar-refractivity contribution in [1.29, 1.82) is 0 Å². The predicted octanol–water partition coefficient (Wildman–Crippen LogP) is 1.98. The molecule has 0 saturated heterocycles. The van der Waals surface area contributed by atoms with E-state index in [1.807, 2.05) is 30.3 Å². The molecule has 0 aliphatic heterocycles. The molecule has 116 valence electrons. The van der Waals surface area contributed by atoms with Crippen molar-refractivity contribution in [1.82, 2.24) is 25.5 Å². The summed E-state index contributed by atoms with van der Waals surface area (Å²) in [6.45, 7) is 0.360. The molecule has 2 aromatic heterocycles. The van der Waals surface area contributed by atoms with Crippen molar-refractivity contribution in [3.63, 3.8) is 0 Å². The molecule has 23 heavy (non-hydrogen) atoms. The van der Waals surface area contributed by atoms with Gasteiger partial charge in [-0.1, -0.05) is 30.3 Å². The summed E-state index contributed by atoms with van der Waals surface area (Å²) in [5, 5.41) is 9.68. The molecule has 0 unspecified atom stereocenters. The van der Waals surface area contributed by atoms with Crippen molar-refractivity contribution in [3.8, 4) is 11.4 Å². The van der Waals surface area contributed by atoms with E-state index in [-0.39, 0.29) is 11.5 Å². The Balaban J connectivity index is 1.55. The topological polar surface area (TPSA) is 83.6 Å². The van der Waals surface area contributed by atoms with E-state index in [0.717, 1.165) is 17.8 Å². The Bertz CT molecular complexity index is 803. The quantitative estimate of drug-likeness (QED) is 0.754. The van der Waals surface area contributed by atoms with Crippen molar-refractivity contribution in [2.24, 2.45) is 0 Å². The highest BCUT2D eigenvalue weighted by Gasteiger charge is 2.08. The number of benzene rings is 1. The average Bonchev–Trinajstić information content (AvgIpc) is 3.04. The molecule has 3 aromatic rings. The highest BCUT2D eigenvalue weighted by Crippen LogP contribution is 2.13. The zero-order chi connectivity index (χ0) is 16.1. The molecule has 7 heteroatoms. The van der Waals surface area contributed by atoms with Crippen molar-refractivity contribution in [2.45, 2.75) is 6.42 Å². The molecule has 1 aromatic carbocycles. The lowest BCUT2D eigenvalue weighted by Gasteiger charge is -2.03. The molecule has 2 heterocycles. The molecule has 0 aliphatic carbocycles. The SMILES string of the molecule is O=C(NCCc1nc(-c2ccccc2)n[nH]1)c1cncc(F)c1. The third-order valence-corrected chi connectivity index (χ3v) is 3.18. The minimum Gasteiger partial charge on any atom is -0.352 e. The Morgan fingerprint density at radius 3 is 2.83 bits per heavy atom. The molecule has 0 radical (unpaired) electrons. The van der Waals surface area contributed by atoms with Crippen LogP contribution < -0.4 is 5.32 Å². The Morgan fingerprint density at radius 1 is 1.22 bits per heavy atom. The van der Waals surface area contributed by atoms with Gasteiger partial charge < -0.3 is 5.32 Å². The summed E-state index contributed by atoms with van der Waals surface area (Å²) in [5.74, 6) is 0.364. The molecule has 0 aliphatic rings. The molecular weight excluding hydrogens is 297 g/mol. The molecule has 0 spiro atoms. The fourth-order valence-corrected chi connectivity index (χ4v) is 2.06. The van der Waals surface area contributed by atoms with Crippen LogP contribution in [0.25, 0.3) is 11.4 Å². The van der Waals surface area contributed by atoms with Gasteiger partial charge in [-0.05, 0) is 6.07 Å². The summed E-state index contributed by atoms with van der Waals surface area (Å²) in [6, 6.07) is 10.7. The van der Waals surface area contributed by atoms with Gasteiger partial charge in [-0.2, -0.15) is 5.10 Å². The van der Waals surface area contributed by atoms with Crippen LogP contribution in [-0.4, -0.2) is 32.6 Å². The van der Waals surface area contributed by atoms with Crippen molar-refractivity contribution < 1.29 is 9.18 Å². The number of nitrogens with one attached hydrogen (secondary N) is 2. The smallest absolute Gasteiger partial charge is 0.252 e. The van der Waals surface area contributed by atoms with Crippen LogP contribution in [0.3, 0.4) is 0 Å². The van der Waals surface area contributed by atoms with Crippen LogP contribution in [0.15, 0.2) is 48.8 Å². The lowest BCUT2D eigenvalue weighted by Crippen LogP contribution is -2.26. The minimum atomic E-state index is -0.541. The summed E-state index contributed by atoms with van der Waals surface area (Å²) in [6.07, 6.45) is 2.87. The summed E-state index contributed by atoms with van der Waals surface area (Å²) in [4.78, 5) is 19.9. The highest BCUT2D eigenvalue weighted by atomic mass is 19.1. The number of pyridine rings is 1. The number of aromatic nitrogens is 4. The molecule has 1 amide bonds. The van der Waals surface area contributed by atoms with Crippen molar-refractivity contribution in [3.05, 3.63) is 66.0 Å². The van der Waals surface area contributed by atoms with E-state index in [9.17, 15) is 9.18 Å². The first kappa shape index (κ1) is 14.8. The Hall–Kier alpha value is -3.09. The summed E-state index contributed by atoms with van der Waals surface area (Å²) >= 11 is 0. The van der Waals surface area contributed by atoms with Gasteiger partial charge in [0.1, 0.15) is 11.6 Å². The number of amides is 1. The first-order chi connectivity index (χ1) is 11.2. The van der Waals surface area contributed by atoms with Crippen LogP contribution in [-0.2, 0) is 6.42 Å². The normalized spacial score (nSPS) is 10.5. The zero-order valence-corrected chi connectivity index (χ0v) is 12.2. The van der Waals surface area contributed by atoms with E-state index >= 15 is 0 Å². The lowest BCUT2D eigenvalue weighted by molar-refractivity contribution is 0.0953. The molecule has 6 nitrogen and oxygen atoms in total. The van der Waals surface area contributed by atoms with Gasteiger partial charge in [-0.15, -0.1) is 0 Å². The van der Waals surface area contributed by atoms with Gasteiger partial charge in [0.25, 0.3) is 5.91 Å². The summed E-state index contributed by atoms with van der Waals surface area (Å²) < 4.78 is 13.0. The molecule has 2 N–H and O–H groups in total. The van der Waals surface area contributed by atoms with Gasteiger partial charge >= 0.3 is 0 Å². The van der Waals surface area contributed by atoms with E-state index in [1.165, 1.54) is 6.20 Å². The first-order valence-electron chi connectivity index (χ1n) is 7.08. The molecule has 0 atom stereocenters. The Morgan fingerprint density at radius 2 is 2.04 bits per heavy atom. The van der Waals surface area contributed by atoms with Crippen molar-refractivity contribution >= 4 is 5.91 Å². The number of nitrogens with zero attached hydrogens (tertiary/aromatic N) is 3. The third-order valence-electron chi connectivity index (χ3n) is 3.18. The van der Waals surface area contributed by atoms with Gasteiger partial charge in [-0.25, -0.2) is 9.37 Å². The standard InChI is InChI=1S/C16H14FN5O/c17-13-8-12(9-18-10-13)16(23)19-7-6-14-20-15(22-21-14)11-4-2-1-3-5-11/h1-5,8-10H,6-7H2,(H,19,23)(H,20,21,22). The minimum absolute atomic E-state index is 0.188. The van der Waals surface area contributed by atoms with E-state index in [4.69, 9.17) is 0 Å². The number of carbonyl (C=O) groups is 1. The van der Waals surface area contributed by atoms with Crippen LogP contribution in [0.2, 0.25) is 0 Å². The predicted molar refractivity (Wildman–Crippen MR) is 82.1 cm³/mol. The van der Waals surface area contributed by atoms with E-state index in [1.54, 1.807) is 0 Å². The third kappa shape index (κ3) is 3.76. The van der Waals surface area contributed by atoms with Crippen LogP contribution >= 0.6 is 0 Å². The second kappa shape index (κ2) is 6.78. The monoisotopic (exact) mass is 311 g/mol. The van der Waals surface area contributed by atoms with Gasteiger partial charge in [-0.3, -0.25) is 14.9 Å². The largest absolute Gasteiger partial charge is 0.352 e. The first-order valence-corrected chi connectivity index (χ1v) is 7.08. The number of hydrogen-bond acceptors (Lipinski definition) is 4. The van der Waals surface area contributed by atoms with Gasteiger partial charge in [0.05, 0.1) is 11.8 Å². The fraction of sp³-hybridized carbons (Fsp3) is 0.125. The van der Waals surface area contributed by atoms with E-state index in [2.05, 4.69) is 25.5 Å². The highest BCUT2D eigenvalue weighted by molar-refractivity contribution is 5.93. The summed E-state index contributed by atoms with van der Waals surface area (Å²) in [7, 11) is 0. The fourth-order valence-electron chi connectivity index (χ4n) is 2.06. The number of rotatable bonds is 5. The molecule has 0 fully saturated rings. The number of H-pyrrole nitrogens is 1. The molecule has 3 rings (SSSR count). The Labute approximate surface area is 131 Å². The van der Waals surface area contributed by atoms with Gasteiger partial charge in [0.15, 0.2) is 5.82 Å². The second-order valence-electron chi connectivity index (χ2n) is 4.87. The van der Waals surface area contributed by atoms with Crippen LogP contribution in [0.1, 0.15) is 16.2 Å². The number of aromatic amines is 1. The van der Waals surface area contributed by atoms with Crippen LogP contribution in [0.5, 0.6) is 0 Å². The number of hydrogen-bond donors (Lipinski definition) is 2. The summed E-state index contributed by atoms with van der Waals surface area (Å²) in [5.41, 5.74) is 1.11. The number of carbonyl (C=O) groups excluding carboxylic acids is 1. The van der Waals surface area contributed by atoms with Gasteiger partial charge in [0, 0.05) is 24.7 Å².